The monoisotopic (exact) mass is 314 g/mol. The Hall–Kier alpha value is -0.840. The van der Waals surface area contributed by atoms with Gasteiger partial charge in [-0.1, -0.05) is 17.7 Å². The summed E-state index contributed by atoms with van der Waals surface area (Å²) in [4.78, 5) is 15.6. The van der Waals surface area contributed by atoms with Crippen molar-refractivity contribution in [3.8, 4) is 0 Å². The number of carbonyl (C=O) groups excluding carboxylic acids is 1. The van der Waals surface area contributed by atoms with E-state index in [1.165, 1.54) is 11.3 Å². The van der Waals surface area contributed by atoms with Crippen LogP contribution < -0.4 is 5.73 Å². The van der Waals surface area contributed by atoms with Crippen molar-refractivity contribution in [2.75, 3.05) is 6.54 Å². The third-order valence-corrected chi connectivity index (χ3v) is 4.97. The van der Waals surface area contributed by atoms with Crippen LogP contribution in [0.25, 0.3) is 0 Å². The molecule has 0 saturated carbocycles. The molecule has 0 unspecified atom stereocenters. The van der Waals surface area contributed by atoms with E-state index in [2.05, 4.69) is 6.58 Å². The molecule has 20 heavy (non-hydrogen) atoms. The van der Waals surface area contributed by atoms with Gasteiger partial charge in [0, 0.05) is 17.0 Å². The third-order valence-electron chi connectivity index (χ3n) is 3.76. The number of hydrogen-bond acceptors (Lipinski definition) is 3. The number of thiophene rings is 1. The number of nitrogens with two attached hydrogens (primary N) is 1. The molecular weight excluding hydrogens is 292 g/mol. The highest BCUT2D eigenvalue weighted by Crippen LogP contribution is 2.32. The summed E-state index contributed by atoms with van der Waals surface area (Å²) in [7, 11) is 0. The molecule has 5 heteroatoms. The van der Waals surface area contributed by atoms with Gasteiger partial charge in [-0.15, -0.1) is 17.9 Å². The fourth-order valence-electron chi connectivity index (χ4n) is 1.67. The summed E-state index contributed by atoms with van der Waals surface area (Å²) in [5.41, 5.74) is 4.90. The predicted octanol–water partition coefficient (Wildman–Crippen LogP) is 3.68. The molecule has 0 spiro atoms. The Morgan fingerprint density at radius 3 is 2.45 bits per heavy atom. The fourth-order valence-corrected chi connectivity index (χ4v) is 2.77. The molecule has 0 aliphatic carbocycles. The van der Waals surface area contributed by atoms with Crippen molar-refractivity contribution in [2.45, 2.75) is 39.8 Å². The Morgan fingerprint density at radius 2 is 2.05 bits per heavy atom. The zero-order valence-electron chi connectivity index (χ0n) is 12.6. The summed E-state index contributed by atoms with van der Waals surface area (Å²) in [6.45, 7) is 12.3. The smallest absolute Gasteiger partial charge is 0.230 e. The van der Waals surface area contributed by atoms with Crippen molar-refractivity contribution in [1.29, 1.82) is 0 Å². The molecule has 1 heterocycles. The average Bonchev–Trinajstić information content (AvgIpc) is 2.72. The van der Waals surface area contributed by atoms with E-state index in [0.29, 0.717) is 13.1 Å². The first-order valence-corrected chi connectivity index (χ1v) is 7.72. The summed E-state index contributed by atoms with van der Waals surface area (Å²) in [5.74, 6) is 0.0226. The van der Waals surface area contributed by atoms with Crippen molar-refractivity contribution < 1.29 is 4.79 Å². The highest BCUT2D eigenvalue weighted by Gasteiger charge is 2.42. The summed E-state index contributed by atoms with van der Waals surface area (Å²) >= 11 is 7.42. The molecule has 112 valence electrons. The zero-order chi connectivity index (χ0) is 15.6. The van der Waals surface area contributed by atoms with E-state index in [9.17, 15) is 4.79 Å². The van der Waals surface area contributed by atoms with Crippen LogP contribution in [0.2, 0.25) is 4.34 Å². The average molecular weight is 315 g/mol. The lowest BCUT2D eigenvalue weighted by Gasteiger charge is -2.40. The van der Waals surface area contributed by atoms with E-state index < -0.39 is 11.0 Å². The zero-order valence-corrected chi connectivity index (χ0v) is 14.1. The quantitative estimate of drug-likeness (QED) is 0.814. The van der Waals surface area contributed by atoms with Gasteiger partial charge >= 0.3 is 0 Å². The SMILES string of the molecule is C=CCN(Cc1ccc(Cl)s1)C(=O)C(C)(C)C(C)(C)N. The predicted molar refractivity (Wildman–Crippen MR) is 87.0 cm³/mol. The van der Waals surface area contributed by atoms with Gasteiger partial charge in [0.15, 0.2) is 0 Å². The van der Waals surface area contributed by atoms with Crippen molar-refractivity contribution in [3.05, 3.63) is 34.0 Å². The second-order valence-electron chi connectivity index (χ2n) is 6.03. The highest BCUT2D eigenvalue weighted by molar-refractivity contribution is 7.16. The maximum Gasteiger partial charge on any atom is 0.230 e. The van der Waals surface area contributed by atoms with E-state index in [4.69, 9.17) is 17.3 Å². The Bertz CT molecular complexity index is 488. The highest BCUT2D eigenvalue weighted by atomic mass is 35.5. The first-order chi connectivity index (χ1) is 9.09. The summed E-state index contributed by atoms with van der Waals surface area (Å²) in [6.07, 6.45) is 1.73. The lowest BCUT2D eigenvalue weighted by atomic mass is 9.74. The van der Waals surface area contributed by atoms with Crippen LogP contribution in [-0.2, 0) is 11.3 Å². The van der Waals surface area contributed by atoms with E-state index in [1.807, 2.05) is 39.8 Å². The molecule has 0 aliphatic rings. The van der Waals surface area contributed by atoms with Gasteiger partial charge in [-0.25, -0.2) is 0 Å². The first kappa shape index (κ1) is 17.2. The number of rotatable bonds is 6. The van der Waals surface area contributed by atoms with Crippen LogP contribution in [0.15, 0.2) is 24.8 Å². The van der Waals surface area contributed by atoms with Crippen LogP contribution in [0.1, 0.15) is 32.6 Å². The minimum atomic E-state index is -0.656. The van der Waals surface area contributed by atoms with Crippen LogP contribution in [0.3, 0.4) is 0 Å². The molecule has 0 atom stereocenters. The Labute approximate surface area is 130 Å². The number of carbonyl (C=O) groups is 1. The van der Waals surface area contributed by atoms with Crippen LogP contribution >= 0.6 is 22.9 Å². The molecule has 0 aromatic carbocycles. The van der Waals surface area contributed by atoms with Gasteiger partial charge in [0.1, 0.15) is 0 Å². The molecule has 1 aromatic heterocycles. The lowest BCUT2D eigenvalue weighted by Crippen LogP contribution is -2.56. The van der Waals surface area contributed by atoms with Gasteiger partial charge in [-0.2, -0.15) is 0 Å². The number of hydrogen-bond donors (Lipinski definition) is 1. The second kappa shape index (κ2) is 6.29. The molecule has 1 aromatic rings. The molecule has 1 rings (SSSR count). The molecule has 2 N–H and O–H groups in total. The Balaban J connectivity index is 2.96. The Morgan fingerprint density at radius 1 is 1.45 bits per heavy atom. The first-order valence-electron chi connectivity index (χ1n) is 6.53. The minimum absolute atomic E-state index is 0.0226. The van der Waals surface area contributed by atoms with Crippen molar-refractivity contribution >= 4 is 28.8 Å². The van der Waals surface area contributed by atoms with Crippen molar-refractivity contribution in [1.82, 2.24) is 4.90 Å². The number of halogens is 1. The maximum atomic E-state index is 12.8. The molecule has 1 amide bonds. The summed E-state index contributed by atoms with van der Waals surface area (Å²) in [5, 5.41) is 0. The topological polar surface area (TPSA) is 46.3 Å². The second-order valence-corrected chi connectivity index (χ2v) is 7.83. The van der Waals surface area contributed by atoms with E-state index in [1.54, 1.807) is 11.0 Å². The minimum Gasteiger partial charge on any atom is -0.333 e. The van der Waals surface area contributed by atoms with Gasteiger partial charge < -0.3 is 10.6 Å². The van der Waals surface area contributed by atoms with Crippen LogP contribution in [0.5, 0.6) is 0 Å². The number of amides is 1. The third kappa shape index (κ3) is 3.84. The largest absolute Gasteiger partial charge is 0.333 e. The summed E-state index contributed by atoms with van der Waals surface area (Å²) in [6, 6.07) is 3.78. The van der Waals surface area contributed by atoms with E-state index in [-0.39, 0.29) is 5.91 Å². The fraction of sp³-hybridized carbons (Fsp3) is 0.533. The van der Waals surface area contributed by atoms with E-state index in [0.717, 1.165) is 9.21 Å². The molecule has 0 bridgehead atoms. The van der Waals surface area contributed by atoms with Gasteiger partial charge in [0.05, 0.1) is 16.3 Å². The molecule has 0 radical (unpaired) electrons. The molecule has 0 aliphatic heterocycles. The van der Waals surface area contributed by atoms with Gasteiger partial charge in [0.25, 0.3) is 0 Å². The number of nitrogens with zero attached hydrogens (tertiary/aromatic N) is 1. The van der Waals surface area contributed by atoms with Crippen LogP contribution in [0, 0.1) is 5.41 Å². The molecular formula is C15H23ClN2OS. The van der Waals surface area contributed by atoms with Crippen molar-refractivity contribution in [2.24, 2.45) is 11.1 Å². The van der Waals surface area contributed by atoms with Gasteiger partial charge in [-0.05, 0) is 39.8 Å². The van der Waals surface area contributed by atoms with Crippen molar-refractivity contribution in [3.63, 3.8) is 0 Å². The van der Waals surface area contributed by atoms with Crippen LogP contribution in [-0.4, -0.2) is 22.9 Å². The molecule has 0 fully saturated rings. The standard InChI is InChI=1S/C15H23ClN2OS/c1-6-9-18(10-11-7-8-12(16)20-11)13(19)14(2,3)15(4,5)17/h6-8H,1,9-10,17H2,2-5H3. The molecule has 0 saturated heterocycles. The summed E-state index contributed by atoms with van der Waals surface area (Å²) < 4.78 is 0.726. The Kier molecular flexibility index (Phi) is 5.41. The van der Waals surface area contributed by atoms with Gasteiger partial charge in [-0.3, -0.25) is 4.79 Å². The normalized spacial score (nSPS) is 12.3. The van der Waals surface area contributed by atoms with Crippen LogP contribution in [0.4, 0.5) is 0 Å². The van der Waals surface area contributed by atoms with Gasteiger partial charge in [0.2, 0.25) is 5.91 Å². The lowest BCUT2D eigenvalue weighted by molar-refractivity contribution is -0.143. The maximum absolute atomic E-state index is 12.8. The molecule has 3 nitrogen and oxygen atoms in total. The van der Waals surface area contributed by atoms with E-state index >= 15 is 0 Å².